The lowest BCUT2D eigenvalue weighted by atomic mass is 9.47. The van der Waals surface area contributed by atoms with Crippen LogP contribution in [0.5, 0.6) is 5.75 Å². The average Bonchev–Trinajstić information content (AvgIpc) is 2.71. The van der Waals surface area contributed by atoms with Gasteiger partial charge in [-0.3, -0.25) is 0 Å². The molecule has 2 heteroatoms. The van der Waals surface area contributed by atoms with Gasteiger partial charge in [0.15, 0.2) is 0 Å². The minimum Gasteiger partial charge on any atom is -0.493 e. The highest BCUT2D eigenvalue weighted by Crippen LogP contribution is 2.63. The van der Waals surface area contributed by atoms with E-state index in [0.29, 0.717) is 12.0 Å². The summed E-state index contributed by atoms with van der Waals surface area (Å²) in [7, 11) is 0. The van der Waals surface area contributed by atoms with Crippen LogP contribution in [0, 0.1) is 23.2 Å². The molecule has 0 radical (unpaired) electrons. The summed E-state index contributed by atoms with van der Waals surface area (Å²) >= 11 is 3.87. The lowest BCUT2D eigenvalue weighted by Crippen LogP contribution is -2.48. The Balaban J connectivity index is 1.74. The molecular weight excluding hydrogens is 480 g/mol. The largest absolute Gasteiger partial charge is 0.493 e. The van der Waals surface area contributed by atoms with Gasteiger partial charge in [0, 0.05) is 15.6 Å². The summed E-state index contributed by atoms with van der Waals surface area (Å²) in [5, 5.41) is 0. The van der Waals surface area contributed by atoms with Gasteiger partial charge in [-0.2, -0.15) is 0 Å². The van der Waals surface area contributed by atoms with Crippen molar-refractivity contribution in [1.29, 1.82) is 0 Å². The van der Waals surface area contributed by atoms with Gasteiger partial charge in [0.2, 0.25) is 0 Å². The molecule has 6 rings (SSSR count). The van der Waals surface area contributed by atoms with Crippen LogP contribution < -0.4 is 4.74 Å². The summed E-state index contributed by atoms with van der Waals surface area (Å²) in [6.07, 6.45) is 9.64. The molecule has 184 valence electrons. The van der Waals surface area contributed by atoms with E-state index in [1.54, 1.807) is 0 Å². The lowest BCUT2D eigenvalue weighted by molar-refractivity contribution is -0.00636. The predicted octanol–water partition coefficient (Wildman–Crippen LogP) is 9.70. The standard InChI is InChI=1S/C32H43BrO/c1-7-34-29-26(25-10-8-9-11-28(25)33)15-24(31(5,6)20-30(2,3)4)16-27(29)32-17-21-12-22(18-32)14-23(13-21)19-32/h8-11,15-16,21-23H,7,12-14,17-20H2,1-6H3. The zero-order valence-electron chi connectivity index (χ0n) is 22.1. The van der Waals surface area contributed by atoms with Crippen molar-refractivity contribution in [2.45, 2.75) is 97.3 Å². The maximum atomic E-state index is 6.61. The Labute approximate surface area is 216 Å². The molecule has 4 aliphatic carbocycles. The Hall–Kier alpha value is -1.28. The highest BCUT2D eigenvalue weighted by Gasteiger charge is 2.53. The first-order valence-corrected chi connectivity index (χ1v) is 14.4. The van der Waals surface area contributed by atoms with Gasteiger partial charge in [-0.1, -0.05) is 74.8 Å². The molecular formula is C32H43BrO. The normalized spacial score (nSPS) is 28.4. The summed E-state index contributed by atoms with van der Waals surface area (Å²) in [6, 6.07) is 13.8. The number of rotatable bonds is 6. The third kappa shape index (κ3) is 4.49. The maximum absolute atomic E-state index is 6.61. The summed E-state index contributed by atoms with van der Waals surface area (Å²) in [4.78, 5) is 0. The molecule has 0 unspecified atom stereocenters. The zero-order chi connectivity index (χ0) is 24.3. The van der Waals surface area contributed by atoms with E-state index in [1.807, 2.05) is 0 Å². The molecule has 0 atom stereocenters. The first-order valence-electron chi connectivity index (χ1n) is 13.6. The van der Waals surface area contributed by atoms with Crippen molar-refractivity contribution < 1.29 is 4.74 Å². The Morgan fingerprint density at radius 3 is 2.00 bits per heavy atom. The van der Waals surface area contributed by atoms with Crippen LogP contribution in [-0.2, 0) is 10.8 Å². The second-order valence-electron chi connectivity index (χ2n) is 13.6. The van der Waals surface area contributed by atoms with E-state index in [9.17, 15) is 0 Å². The molecule has 4 fully saturated rings. The molecule has 0 heterocycles. The van der Waals surface area contributed by atoms with Gasteiger partial charge >= 0.3 is 0 Å². The van der Waals surface area contributed by atoms with Crippen LogP contribution in [0.2, 0.25) is 0 Å². The molecule has 0 aromatic heterocycles. The lowest BCUT2D eigenvalue weighted by Gasteiger charge is -2.57. The molecule has 0 amide bonds. The quantitative estimate of drug-likeness (QED) is 0.366. The van der Waals surface area contributed by atoms with Crippen molar-refractivity contribution in [3.8, 4) is 16.9 Å². The molecule has 34 heavy (non-hydrogen) atoms. The third-order valence-electron chi connectivity index (χ3n) is 8.90. The van der Waals surface area contributed by atoms with Gasteiger partial charge < -0.3 is 4.74 Å². The maximum Gasteiger partial charge on any atom is 0.130 e. The van der Waals surface area contributed by atoms with Gasteiger partial charge in [0.25, 0.3) is 0 Å². The summed E-state index contributed by atoms with van der Waals surface area (Å²) in [5.41, 5.74) is 6.20. The second kappa shape index (κ2) is 8.68. The first-order chi connectivity index (χ1) is 16.0. The Bertz CT molecular complexity index is 1020. The van der Waals surface area contributed by atoms with E-state index in [1.165, 1.54) is 60.8 Å². The molecule has 2 aromatic carbocycles. The Morgan fingerprint density at radius 2 is 1.47 bits per heavy atom. The van der Waals surface area contributed by atoms with Crippen LogP contribution >= 0.6 is 15.9 Å². The van der Waals surface area contributed by atoms with Crippen LogP contribution in [0.15, 0.2) is 40.9 Å². The van der Waals surface area contributed by atoms with E-state index in [0.717, 1.165) is 34.4 Å². The fraction of sp³-hybridized carbons (Fsp3) is 0.625. The molecule has 0 N–H and O–H groups in total. The number of ether oxygens (including phenoxy) is 1. The van der Waals surface area contributed by atoms with Gasteiger partial charge in [-0.15, -0.1) is 0 Å². The van der Waals surface area contributed by atoms with Crippen molar-refractivity contribution in [2.75, 3.05) is 6.61 Å². The smallest absolute Gasteiger partial charge is 0.130 e. The molecule has 4 aliphatic rings. The summed E-state index contributed by atoms with van der Waals surface area (Å²) in [5.74, 6) is 3.91. The van der Waals surface area contributed by atoms with Crippen LogP contribution in [0.4, 0.5) is 0 Å². The molecule has 0 aliphatic heterocycles. The highest BCUT2D eigenvalue weighted by atomic mass is 79.9. The van der Waals surface area contributed by atoms with E-state index >= 15 is 0 Å². The molecule has 1 nitrogen and oxygen atoms in total. The van der Waals surface area contributed by atoms with E-state index in [2.05, 4.69) is 93.9 Å². The van der Waals surface area contributed by atoms with Crippen LogP contribution in [0.1, 0.15) is 97.6 Å². The predicted molar refractivity (Wildman–Crippen MR) is 148 cm³/mol. The van der Waals surface area contributed by atoms with Gasteiger partial charge in [-0.05, 0) is 109 Å². The zero-order valence-corrected chi connectivity index (χ0v) is 23.7. The molecule has 0 saturated heterocycles. The van der Waals surface area contributed by atoms with Crippen LogP contribution in [0.25, 0.3) is 11.1 Å². The second-order valence-corrected chi connectivity index (χ2v) is 14.5. The molecule has 4 saturated carbocycles. The third-order valence-corrected chi connectivity index (χ3v) is 9.60. The minimum atomic E-state index is 0.0933. The van der Waals surface area contributed by atoms with E-state index < -0.39 is 0 Å². The van der Waals surface area contributed by atoms with E-state index in [-0.39, 0.29) is 10.8 Å². The number of hydrogen-bond donors (Lipinski definition) is 0. The van der Waals surface area contributed by atoms with Crippen molar-refractivity contribution >= 4 is 15.9 Å². The van der Waals surface area contributed by atoms with Crippen LogP contribution in [-0.4, -0.2) is 6.61 Å². The fourth-order valence-corrected chi connectivity index (χ4v) is 8.96. The first kappa shape index (κ1) is 24.4. The topological polar surface area (TPSA) is 9.23 Å². The van der Waals surface area contributed by atoms with Crippen molar-refractivity contribution in [3.63, 3.8) is 0 Å². The van der Waals surface area contributed by atoms with Gasteiger partial charge in [-0.25, -0.2) is 0 Å². The Kier molecular flexibility index (Phi) is 6.23. The van der Waals surface area contributed by atoms with E-state index in [4.69, 9.17) is 4.74 Å². The van der Waals surface area contributed by atoms with Gasteiger partial charge in [0.1, 0.15) is 5.75 Å². The summed E-state index contributed by atoms with van der Waals surface area (Å²) < 4.78 is 7.77. The van der Waals surface area contributed by atoms with Gasteiger partial charge in [0.05, 0.1) is 6.61 Å². The van der Waals surface area contributed by atoms with Crippen molar-refractivity contribution in [2.24, 2.45) is 23.2 Å². The molecule has 2 aromatic rings. The highest BCUT2D eigenvalue weighted by molar-refractivity contribution is 9.10. The molecule has 0 spiro atoms. The SMILES string of the molecule is CCOc1c(-c2ccccc2Br)cc(C(C)(C)CC(C)(C)C)cc1C12CC3CC(CC(C3)C1)C2. The van der Waals surface area contributed by atoms with Crippen molar-refractivity contribution in [3.05, 3.63) is 52.0 Å². The monoisotopic (exact) mass is 522 g/mol. The number of benzene rings is 2. The number of halogens is 1. The summed E-state index contributed by atoms with van der Waals surface area (Å²) in [6.45, 7) is 14.9. The Morgan fingerprint density at radius 1 is 0.882 bits per heavy atom. The van der Waals surface area contributed by atoms with Crippen molar-refractivity contribution in [1.82, 2.24) is 0 Å². The van der Waals surface area contributed by atoms with Crippen LogP contribution in [0.3, 0.4) is 0 Å². The number of hydrogen-bond acceptors (Lipinski definition) is 1. The minimum absolute atomic E-state index is 0.0933. The molecule has 4 bridgehead atoms. The average molecular weight is 524 g/mol. The fourth-order valence-electron chi connectivity index (χ4n) is 8.46.